The number of nitrogens with zero attached hydrogens (tertiary/aromatic N) is 3. The van der Waals surface area contributed by atoms with Crippen molar-refractivity contribution < 1.29 is 19.1 Å². The highest BCUT2D eigenvalue weighted by Gasteiger charge is 2.27. The summed E-state index contributed by atoms with van der Waals surface area (Å²) in [7, 11) is 0. The van der Waals surface area contributed by atoms with Crippen molar-refractivity contribution in [2.75, 3.05) is 24.6 Å². The number of ether oxygens (including phenoxy) is 2. The number of hydrogen-bond donors (Lipinski definition) is 1. The van der Waals surface area contributed by atoms with Gasteiger partial charge < -0.3 is 14.4 Å². The molecule has 1 saturated heterocycles. The fraction of sp³-hybridized carbons (Fsp3) is 0.333. The quantitative estimate of drug-likeness (QED) is 0.260. The minimum absolute atomic E-state index is 0.0359. The molecule has 3 aromatic rings. The SMILES string of the molecule is CCOC(=O)C1CCN(c2ncc(C=NNC(=O)c3ccc(OCc4ccc(C)cc4)cc3)s2)CC1. The van der Waals surface area contributed by atoms with E-state index in [1.165, 1.54) is 16.9 Å². The standard InChI is InChI=1S/C27H30N4O4S/c1-3-34-26(33)22-12-14-31(15-13-22)27-28-16-24(36-27)17-29-30-25(32)21-8-10-23(11-9-21)35-18-20-6-4-19(2)5-7-20/h4-11,16-17,22H,3,12-15,18H2,1-2H3,(H,30,32). The molecule has 0 saturated carbocycles. The monoisotopic (exact) mass is 506 g/mol. The highest BCUT2D eigenvalue weighted by molar-refractivity contribution is 7.17. The Kier molecular flexibility index (Phi) is 8.67. The van der Waals surface area contributed by atoms with E-state index < -0.39 is 0 Å². The van der Waals surface area contributed by atoms with E-state index in [1.807, 2.05) is 26.0 Å². The number of carbonyl (C=O) groups is 2. The second-order valence-electron chi connectivity index (χ2n) is 8.56. The average molecular weight is 507 g/mol. The molecule has 0 aliphatic carbocycles. The molecule has 9 heteroatoms. The van der Waals surface area contributed by atoms with Crippen LogP contribution in [0.4, 0.5) is 5.13 Å². The van der Waals surface area contributed by atoms with Gasteiger partial charge in [-0.25, -0.2) is 10.4 Å². The Balaban J connectivity index is 1.23. The number of rotatable bonds is 9. The highest BCUT2D eigenvalue weighted by atomic mass is 32.1. The van der Waals surface area contributed by atoms with Gasteiger partial charge in [0, 0.05) is 24.8 Å². The van der Waals surface area contributed by atoms with Gasteiger partial charge in [0.05, 0.1) is 23.6 Å². The second-order valence-corrected chi connectivity index (χ2v) is 9.60. The summed E-state index contributed by atoms with van der Waals surface area (Å²) in [6.07, 6.45) is 4.83. The first-order valence-corrected chi connectivity index (χ1v) is 12.8. The predicted molar refractivity (Wildman–Crippen MR) is 141 cm³/mol. The van der Waals surface area contributed by atoms with Crippen LogP contribution in [0.2, 0.25) is 0 Å². The van der Waals surface area contributed by atoms with Gasteiger partial charge in [-0.2, -0.15) is 5.10 Å². The normalized spacial score (nSPS) is 14.1. The topological polar surface area (TPSA) is 93.1 Å². The molecule has 2 heterocycles. The van der Waals surface area contributed by atoms with Gasteiger partial charge in [0.15, 0.2) is 5.13 Å². The van der Waals surface area contributed by atoms with Crippen molar-refractivity contribution in [1.82, 2.24) is 10.4 Å². The van der Waals surface area contributed by atoms with Crippen LogP contribution >= 0.6 is 11.3 Å². The third-order valence-electron chi connectivity index (χ3n) is 5.90. The van der Waals surface area contributed by atoms with Crippen molar-refractivity contribution in [3.8, 4) is 5.75 Å². The number of hydrazone groups is 1. The largest absolute Gasteiger partial charge is 0.489 e. The first-order chi connectivity index (χ1) is 17.5. The Morgan fingerprint density at radius 1 is 1.14 bits per heavy atom. The molecular weight excluding hydrogens is 476 g/mol. The van der Waals surface area contributed by atoms with Gasteiger partial charge >= 0.3 is 5.97 Å². The van der Waals surface area contributed by atoms with Crippen LogP contribution in [-0.2, 0) is 16.1 Å². The lowest BCUT2D eigenvalue weighted by atomic mass is 9.97. The van der Waals surface area contributed by atoms with E-state index in [9.17, 15) is 9.59 Å². The first kappa shape index (κ1) is 25.4. The van der Waals surface area contributed by atoms with Crippen LogP contribution in [0.3, 0.4) is 0 Å². The Morgan fingerprint density at radius 2 is 1.86 bits per heavy atom. The van der Waals surface area contributed by atoms with E-state index >= 15 is 0 Å². The molecule has 188 valence electrons. The van der Waals surface area contributed by atoms with E-state index in [2.05, 4.69) is 32.5 Å². The van der Waals surface area contributed by atoms with Crippen molar-refractivity contribution in [3.63, 3.8) is 0 Å². The molecule has 1 fully saturated rings. The molecule has 4 rings (SSSR count). The summed E-state index contributed by atoms with van der Waals surface area (Å²) in [5.41, 5.74) is 5.34. The van der Waals surface area contributed by atoms with Crippen LogP contribution in [0.5, 0.6) is 5.75 Å². The molecule has 1 amide bonds. The molecule has 0 spiro atoms. The zero-order chi connectivity index (χ0) is 25.3. The Bertz CT molecular complexity index is 1180. The average Bonchev–Trinajstić information content (AvgIpc) is 3.38. The lowest BCUT2D eigenvalue weighted by molar-refractivity contribution is -0.148. The molecule has 8 nitrogen and oxygen atoms in total. The molecule has 0 bridgehead atoms. The summed E-state index contributed by atoms with van der Waals surface area (Å²) in [6.45, 7) is 6.28. The van der Waals surface area contributed by atoms with Crippen molar-refractivity contribution in [1.29, 1.82) is 0 Å². The smallest absolute Gasteiger partial charge is 0.309 e. The molecule has 0 atom stereocenters. The number of anilines is 1. The summed E-state index contributed by atoms with van der Waals surface area (Å²) in [4.78, 5) is 31.8. The van der Waals surface area contributed by atoms with E-state index in [0.717, 1.165) is 41.5 Å². The molecule has 1 aliphatic rings. The van der Waals surface area contributed by atoms with Gasteiger partial charge in [0.1, 0.15) is 12.4 Å². The van der Waals surface area contributed by atoms with Crippen molar-refractivity contribution in [3.05, 3.63) is 76.3 Å². The molecule has 2 aromatic carbocycles. The molecule has 0 radical (unpaired) electrons. The maximum Gasteiger partial charge on any atom is 0.309 e. The number of thiazole rings is 1. The first-order valence-electron chi connectivity index (χ1n) is 12.0. The Labute approximate surface area is 215 Å². The fourth-order valence-corrected chi connectivity index (χ4v) is 4.66. The van der Waals surface area contributed by atoms with Crippen LogP contribution < -0.4 is 15.1 Å². The number of esters is 1. The second kappa shape index (κ2) is 12.3. The van der Waals surface area contributed by atoms with E-state index in [4.69, 9.17) is 9.47 Å². The molecule has 1 N–H and O–H groups in total. The summed E-state index contributed by atoms with van der Waals surface area (Å²) >= 11 is 1.49. The van der Waals surface area contributed by atoms with E-state index in [1.54, 1.807) is 36.7 Å². The van der Waals surface area contributed by atoms with Crippen LogP contribution in [0, 0.1) is 12.8 Å². The predicted octanol–water partition coefficient (Wildman–Crippen LogP) is 4.57. The number of benzene rings is 2. The van der Waals surface area contributed by atoms with Gasteiger partial charge in [0.25, 0.3) is 5.91 Å². The van der Waals surface area contributed by atoms with Gasteiger partial charge in [-0.3, -0.25) is 9.59 Å². The van der Waals surface area contributed by atoms with Gasteiger partial charge in [-0.05, 0) is 56.5 Å². The van der Waals surface area contributed by atoms with E-state index in [0.29, 0.717) is 24.5 Å². The third-order valence-corrected chi connectivity index (χ3v) is 6.89. The maximum atomic E-state index is 12.4. The lowest BCUT2D eigenvalue weighted by Crippen LogP contribution is -2.36. The van der Waals surface area contributed by atoms with E-state index in [-0.39, 0.29) is 17.8 Å². The lowest BCUT2D eigenvalue weighted by Gasteiger charge is -2.30. The number of amides is 1. The number of hydrogen-bond acceptors (Lipinski definition) is 8. The number of nitrogens with one attached hydrogen (secondary N) is 1. The van der Waals surface area contributed by atoms with Gasteiger partial charge in [-0.1, -0.05) is 41.2 Å². The van der Waals surface area contributed by atoms with Crippen LogP contribution in [0.1, 0.15) is 46.1 Å². The minimum atomic E-state index is -0.304. The fourth-order valence-electron chi connectivity index (χ4n) is 3.82. The molecule has 1 aliphatic heterocycles. The number of aromatic nitrogens is 1. The van der Waals surface area contributed by atoms with Crippen molar-refractivity contribution in [2.45, 2.75) is 33.3 Å². The van der Waals surface area contributed by atoms with Crippen molar-refractivity contribution in [2.24, 2.45) is 11.0 Å². The molecular formula is C27H30N4O4S. The van der Waals surface area contributed by atoms with Crippen LogP contribution in [0.25, 0.3) is 0 Å². The summed E-state index contributed by atoms with van der Waals surface area (Å²) < 4.78 is 10.9. The molecule has 1 aromatic heterocycles. The summed E-state index contributed by atoms with van der Waals surface area (Å²) in [6, 6.07) is 15.1. The summed E-state index contributed by atoms with van der Waals surface area (Å²) in [5, 5.41) is 4.95. The van der Waals surface area contributed by atoms with Gasteiger partial charge in [0.2, 0.25) is 0 Å². The van der Waals surface area contributed by atoms with Crippen LogP contribution in [0.15, 0.2) is 59.8 Å². The number of piperidine rings is 1. The molecule has 36 heavy (non-hydrogen) atoms. The summed E-state index contributed by atoms with van der Waals surface area (Å²) in [5.74, 6) is 0.247. The molecule has 0 unspecified atom stereocenters. The number of aryl methyl sites for hydroxylation is 1. The van der Waals surface area contributed by atoms with Crippen molar-refractivity contribution >= 4 is 34.6 Å². The van der Waals surface area contributed by atoms with Crippen LogP contribution in [-0.4, -0.2) is 42.8 Å². The Hall–Kier alpha value is -3.72. The number of carbonyl (C=O) groups excluding carboxylic acids is 2. The third kappa shape index (κ3) is 6.91. The van der Waals surface area contributed by atoms with Gasteiger partial charge in [-0.15, -0.1) is 0 Å². The highest BCUT2D eigenvalue weighted by Crippen LogP contribution is 2.27. The maximum absolute atomic E-state index is 12.4. The zero-order valence-corrected chi connectivity index (χ0v) is 21.3. The zero-order valence-electron chi connectivity index (χ0n) is 20.5. The minimum Gasteiger partial charge on any atom is -0.489 e. The Morgan fingerprint density at radius 3 is 2.56 bits per heavy atom.